The molecule has 0 aliphatic heterocycles. The maximum atomic E-state index is 13.6. The van der Waals surface area contributed by atoms with Crippen molar-refractivity contribution in [2.24, 2.45) is 0 Å². The van der Waals surface area contributed by atoms with Crippen LogP contribution in [0.1, 0.15) is 20.3 Å². The van der Waals surface area contributed by atoms with Crippen LogP contribution >= 0.6 is 23.1 Å². The Labute approximate surface area is 207 Å². The lowest BCUT2D eigenvalue weighted by atomic mass is 10.2. The van der Waals surface area contributed by atoms with Crippen molar-refractivity contribution in [1.29, 1.82) is 0 Å². The largest absolute Gasteiger partial charge is 0.382 e. The van der Waals surface area contributed by atoms with Crippen molar-refractivity contribution in [2.75, 3.05) is 19.8 Å². The van der Waals surface area contributed by atoms with Crippen LogP contribution in [0.4, 0.5) is 0 Å². The number of rotatable bonds is 10. The predicted molar refractivity (Wildman–Crippen MR) is 140 cm³/mol. The summed E-state index contributed by atoms with van der Waals surface area (Å²) in [4.78, 5) is 32.8. The van der Waals surface area contributed by atoms with Gasteiger partial charge in [-0.05, 0) is 44.0 Å². The first-order valence-corrected chi connectivity index (χ1v) is 13.0. The smallest absolute Gasteiger partial charge is 0.267 e. The Bertz CT molecular complexity index is 1300. The maximum absolute atomic E-state index is 13.6. The molecular formula is C26H27N3O3S2. The van der Waals surface area contributed by atoms with Crippen LogP contribution in [0.25, 0.3) is 26.3 Å². The molecule has 2 aromatic heterocycles. The van der Waals surface area contributed by atoms with Gasteiger partial charge in [0.15, 0.2) is 5.16 Å². The number of amides is 1. The molecule has 8 heteroatoms. The molecule has 0 saturated carbocycles. The number of carbonyl (C=O) groups is 1. The molecule has 0 saturated heterocycles. The first-order chi connectivity index (χ1) is 16.6. The van der Waals surface area contributed by atoms with E-state index in [-0.39, 0.29) is 11.5 Å². The van der Waals surface area contributed by atoms with Crippen LogP contribution in [0.15, 0.2) is 76.7 Å². The molecular weight excluding hydrogens is 466 g/mol. The molecule has 1 amide bonds. The summed E-state index contributed by atoms with van der Waals surface area (Å²) < 4.78 is 6.93. The van der Waals surface area contributed by atoms with Crippen LogP contribution in [0.5, 0.6) is 0 Å². The number of hydrogen-bond acceptors (Lipinski definition) is 6. The van der Waals surface area contributed by atoms with Gasteiger partial charge < -0.3 is 10.1 Å². The third-order valence-corrected chi connectivity index (χ3v) is 7.36. The standard InChI is InChI=1S/C26H27N3O3S2/c1-3-32-16-10-15-27-23(30)18(2)33-26-28-24-21(17-22(34-24)19-11-6-4-7-12-19)25(31)29(26)20-13-8-5-9-14-20/h4-9,11-14,17-18H,3,10,15-16H2,1-2H3,(H,27,30). The molecule has 0 aliphatic rings. The van der Waals surface area contributed by atoms with Gasteiger partial charge in [-0.2, -0.15) is 0 Å². The molecule has 0 fully saturated rings. The van der Waals surface area contributed by atoms with Gasteiger partial charge in [0.1, 0.15) is 4.83 Å². The molecule has 4 aromatic rings. The summed E-state index contributed by atoms with van der Waals surface area (Å²) in [6, 6.07) is 21.3. The lowest BCUT2D eigenvalue weighted by Crippen LogP contribution is -2.33. The topological polar surface area (TPSA) is 73.2 Å². The number of thiophene rings is 1. The number of ether oxygens (including phenoxy) is 1. The van der Waals surface area contributed by atoms with E-state index in [9.17, 15) is 9.59 Å². The summed E-state index contributed by atoms with van der Waals surface area (Å²) in [5.41, 5.74) is 1.63. The third-order valence-electron chi connectivity index (χ3n) is 5.23. The molecule has 6 nitrogen and oxygen atoms in total. The van der Waals surface area contributed by atoms with Crippen LogP contribution in [-0.2, 0) is 9.53 Å². The van der Waals surface area contributed by atoms with Crippen LogP contribution in [-0.4, -0.2) is 40.5 Å². The molecule has 1 unspecified atom stereocenters. The van der Waals surface area contributed by atoms with E-state index in [0.29, 0.717) is 35.1 Å². The average molecular weight is 494 g/mol. The van der Waals surface area contributed by atoms with Crippen molar-refractivity contribution in [3.63, 3.8) is 0 Å². The number of nitrogens with zero attached hydrogens (tertiary/aromatic N) is 2. The zero-order chi connectivity index (χ0) is 23.9. The third kappa shape index (κ3) is 5.58. The highest BCUT2D eigenvalue weighted by molar-refractivity contribution is 8.00. The number of para-hydroxylation sites is 1. The Morgan fingerprint density at radius 3 is 2.56 bits per heavy atom. The minimum atomic E-state index is -0.417. The van der Waals surface area contributed by atoms with Gasteiger partial charge in [-0.15, -0.1) is 11.3 Å². The zero-order valence-corrected chi connectivity index (χ0v) is 20.8. The fourth-order valence-electron chi connectivity index (χ4n) is 3.48. The lowest BCUT2D eigenvalue weighted by Gasteiger charge is -2.15. The van der Waals surface area contributed by atoms with E-state index in [1.807, 2.05) is 80.6 Å². The molecule has 176 valence electrons. The Morgan fingerprint density at radius 1 is 1.15 bits per heavy atom. The van der Waals surface area contributed by atoms with E-state index in [1.54, 1.807) is 4.57 Å². The van der Waals surface area contributed by atoms with Crippen LogP contribution in [0, 0.1) is 0 Å². The highest BCUT2D eigenvalue weighted by atomic mass is 32.2. The molecule has 1 N–H and O–H groups in total. The van der Waals surface area contributed by atoms with Crippen molar-refractivity contribution in [3.8, 4) is 16.1 Å². The van der Waals surface area contributed by atoms with Gasteiger partial charge in [-0.25, -0.2) is 4.98 Å². The minimum absolute atomic E-state index is 0.0911. The molecule has 1 atom stereocenters. The number of fused-ring (bicyclic) bond motifs is 1. The Morgan fingerprint density at radius 2 is 1.85 bits per heavy atom. The maximum Gasteiger partial charge on any atom is 0.267 e. The number of aromatic nitrogens is 2. The van der Waals surface area contributed by atoms with Gasteiger partial charge in [0, 0.05) is 24.6 Å². The summed E-state index contributed by atoms with van der Waals surface area (Å²) in [6.45, 7) is 5.61. The van der Waals surface area contributed by atoms with Gasteiger partial charge >= 0.3 is 0 Å². The van der Waals surface area contributed by atoms with E-state index >= 15 is 0 Å². The van der Waals surface area contributed by atoms with Crippen LogP contribution in [0.3, 0.4) is 0 Å². The summed E-state index contributed by atoms with van der Waals surface area (Å²) >= 11 is 2.78. The lowest BCUT2D eigenvalue weighted by molar-refractivity contribution is -0.120. The fourth-order valence-corrected chi connectivity index (χ4v) is 5.51. The first-order valence-electron chi connectivity index (χ1n) is 11.3. The minimum Gasteiger partial charge on any atom is -0.382 e. The van der Waals surface area contributed by atoms with E-state index < -0.39 is 5.25 Å². The number of nitrogens with one attached hydrogen (secondary N) is 1. The summed E-state index contributed by atoms with van der Waals surface area (Å²) in [5.74, 6) is -0.0911. The highest BCUT2D eigenvalue weighted by Gasteiger charge is 2.21. The van der Waals surface area contributed by atoms with Gasteiger partial charge in [0.05, 0.1) is 16.3 Å². The van der Waals surface area contributed by atoms with Crippen LogP contribution in [0.2, 0.25) is 0 Å². The second-order valence-electron chi connectivity index (χ2n) is 7.67. The molecule has 2 aromatic carbocycles. The first kappa shape index (κ1) is 24.2. The van der Waals surface area contributed by atoms with E-state index in [1.165, 1.54) is 23.1 Å². The molecule has 34 heavy (non-hydrogen) atoms. The van der Waals surface area contributed by atoms with Crippen molar-refractivity contribution < 1.29 is 9.53 Å². The molecule has 0 aliphatic carbocycles. The number of hydrogen-bond donors (Lipinski definition) is 1. The second kappa shape index (κ2) is 11.5. The molecule has 0 spiro atoms. The van der Waals surface area contributed by atoms with Crippen molar-refractivity contribution in [1.82, 2.24) is 14.9 Å². The van der Waals surface area contributed by atoms with E-state index in [2.05, 4.69) is 5.32 Å². The number of thioether (sulfide) groups is 1. The van der Waals surface area contributed by atoms with E-state index in [0.717, 1.165) is 22.5 Å². The average Bonchev–Trinajstić information content (AvgIpc) is 3.29. The summed E-state index contributed by atoms with van der Waals surface area (Å²) in [7, 11) is 0. The van der Waals surface area contributed by atoms with Crippen molar-refractivity contribution >= 4 is 39.2 Å². The van der Waals surface area contributed by atoms with E-state index in [4.69, 9.17) is 9.72 Å². The monoisotopic (exact) mass is 493 g/mol. The fraction of sp³-hybridized carbons (Fsp3) is 0.269. The summed E-state index contributed by atoms with van der Waals surface area (Å²) in [6.07, 6.45) is 0.757. The SMILES string of the molecule is CCOCCCNC(=O)C(C)Sc1nc2sc(-c3ccccc3)cc2c(=O)n1-c1ccccc1. The Kier molecular flexibility index (Phi) is 8.16. The second-order valence-corrected chi connectivity index (χ2v) is 10.0. The number of benzene rings is 2. The Hall–Kier alpha value is -2.94. The normalized spacial score (nSPS) is 12.1. The van der Waals surface area contributed by atoms with Gasteiger partial charge in [0.2, 0.25) is 5.91 Å². The quantitative estimate of drug-likeness (QED) is 0.188. The zero-order valence-electron chi connectivity index (χ0n) is 19.2. The van der Waals surface area contributed by atoms with Gasteiger partial charge in [-0.3, -0.25) is 14.2 Å². The van der Waals surface area contributed by atoms with Crippen molar-refractivity contribution in [2.45, 2.75) is 30.7 Å². The number of carbonyl (C=O) groups excluding carboxylic acids is 1. The summed E-state index contributed by atoms with van der Waals surface area (Å²) in [5, 5.41) is 3.61. The molecule has 0 bridgehead atoms. The Balaban J connectivity index is 1.67. The molecule has 0 radical (unpaired) electrons. The van der Waals surface area contributed by atoms with Crippen LogP contribution < -0.4 is 10.9 Å². The van der Waals surface area contributed by atoms with Gasteiger partial charge in [0.25, 0.3) is 5.56 Å². The molecule has 4 rings (SSSR count). The highest BCUT2D eigenvalue weighted by Crippen LogP contribution is 2.33. The predicted octanol–water partition coefficient (Wildman–Crippen LogP) is 5.14. The van der Waals surface area contributed by atoms with Crippen molar-refractivity contribution in [3.05, 3.63) is 77.1 Å². The van der Waals surface area contributed by atoms with Gasteiger partial charge in [-0.1, -0.05) is 60.3 Å². The molecule has 2 heterocycles.